The van der Waals surface area contributed by atoms with E-state index < -0.39 is 0 Å². The molecule has 6 rings (SSSR count). The lowest BCUT2D eigenvalue weighted by Crippen LogP contribution is -2.19. The topological polar surface area (TPSA) is 0 Å². The first-order valence-electron chi connectivity index (χ1n) is 7.68. The standard InChI is InChI=1S/C21H14/c1-12-5-8-18-20-19(12)17-7-6-14-9-15(17)11-21(18,20)16-4-2-3-13(14)10-16/h2-10H,11H2,1H3. The molecule has 1 atom stereocenters. The van der Waals surface area contributed by atoms with Crippen molar-refractivity contribution in [2.75, 3.05) is 0 Å². The smallest absolute Gasteiger partial charge is 0.0504 e. The molecule has 0 saturated heterocycles. The fourth-order valence-electron chi connectivity index (χ4n) is 4.75. The average molecular weight is 266 g/mol. The minimum atomic E-state index is 0.186. The molecule has 0 radical (unpaired) electrons. The van der Waals surface area contributed by atoms with Crippen LogP contribution in [0.15, 0.2) is 54.6 Å². The highest BCUT2D eigenvalue weighted by atomic mass is 14.6. The zero-order valence-electron chi connectivity index (χ0n) is 11.9. The second-order valence-corrected chi connectivity index (χ2v) is 6.71. The first kappa shape index (κ1) is 10.4. The molecular formula is C21H14. The van der Waals surface area contributed by atoms with Crippen LogP contribution in [0.25, 0.3) is 22.3 Å². The number of hydrogen-bond acceptors (Lipinski definition) is 0. The molecule has 3 aromatic carbocycles. The Morgan fingerprint density at radius 1 is 0.905 bits per heavy atom. The average Bonchev–Trinajstić information content (AvgIpc) is 3.18. The Kier molecular flexibility index (Phi) is 1.47. The largest absolute Gasteiger partial charge is 0.0613 e. The molecular weight excluding hydrogens is 252 g/mol. The normalized spacial score (nSPS) is 21.6. The van der Waals surface area contributed by atoms with Gasteiger partial charge in [0, 0.05) is 0 Å². The van der Waals surface area contributed by atoms with Gasteiger partial charge in [-0.15, -0.1) is 0 Å². The Hall–Kier alpha value is -2.34. The molecule has 0 fully saturated rings. The second kappa shape index (κ2) is 2.96. The quantitative estimate of drug-likeness (QED) is 0.546. The van der Waals surface area contributed by atoms with Crippen LogP contribution < -0.4 is 0 Å². The summed E-state index contributed by atoms with van der Waals surface area (Å²) in [6.45, 7) is 2.25. The van der Waals surface area contributed by atoms with E-state index in [9.17, 15) is 0 Å². The molecule has 0 amide bonds. The van der Waals surface area contributed by atoms with Gasteiger partial charge < -0.3 is 0 Å². The first-order valence-corrected chi connectivity index (χ1v) is 7.68. The van der Waals surface area contributed by atoms with Crippen LogP contribution >= 0.6 is 0 Å². The van der Waals surface area contributed by atoms with E-state index in [1.165, 1.54) is 38.9 Å². The summed E-state index contributed by atoms with van der Waals surface area (Å²) in [7, 11) is 0. The third-order valence-electron chi connectivity index (χ3n) is 5.76. The lowest BCUT2D eigenvalue weighted by molar-refractivity contribution is 0.733. The van der Waals surface area contributed by atoms with Gasteiger partial charge in [0.2, 0.25) is 0 Å². The highest BCUT2D eigenvalue weighted by Crippen LogP contribution is 2.65. The Morgan fingerprint density at radius 2 is 1.81 bits per heavy atom. The summed E-state index contributed by atoms with van der Waals surface area (Å²) in [4.78, 5) is 0. The highest BCUT2D eigenvalue weighted by molar-refractivity contribution is 5.92. The number of fused-ring (bicyclic) bond motifs is 5. The molecule has 98 valence electrons. The van der Waals surface area contributed by atoms with E-state index in [0.29, 0.717) is 0 Å². The van der Waals surface area contributed by atoms with Crippen LogP contribution in [-0.4, -0.2) is 0 Å². The number of benzene rings is 3. The zero-order chi connectivity index (χ0) is 13.8. The van der Waals surface area contributed by atoms with Crippen molar-refractivity contribution in [3.8, 4) is 22.3 Å². The second-order valence-electron chi connectivity index (χ2n) is 6.71. The van der Waals surface area contributed by atoms with E-state index >= 15 is 0 Å². The van der Waals surface area contributed by atoms with Crippen LogP contribution in [0.4, 0.5) is 0 Å². The summed E-state index contributed by atoms with van der Waals surface area (Å²) in [5.74, 6) is 0. The molecule has 0 heteroatoms. The maximum atomic E-state index is 2.42. The molecule has 0 nitrogen and oxygen atoms in total. The SMILES string of the molecule is Cc1ccc2c3c1-c1ccc4cc1CC23c1cccc-4c1. The van der Waals surface area contributed by atoms with E-state index in [1.54, 1.807) is 11.1 Å². The van der Waals surface area contributed by atoms with Crippen LogP contribution in [0.3, 0.4) is 0 Å². The van der Waals surface area contributed by atoms with Crippen LogP contribution in [-0.2, 0) is 11.8 Å². The summed E-state index contributed by atoms with van der Waals surface area (Å²) in [5, 5.41) is 0. The third kappa shape index (κ3) is 0.975. The van der Waals surface area contributed by atoms with Gasteiger partial charge >= 0.3 is 0 Å². The van der Waals surface area contributed by atoms with Gasteiger partial charge in [0.25, 0.3) is 0 Å². The third-order valence-corrected chi connectivity index (χ3v) is 5.76. The van der Waals surface area contributed by atoms with Crippen LogP contribution in [0.2, 0.25) is 0 Å². The molecule has 0 aliphatic heterocycles. The first-order chi connectivity index (χ1) is 10.3. The molecule has 3 aliphatic rings. The molecule has 0 saturated carbocycles. The van der Waals surface area contributed by atoms with E-state index in [1.807, 2.05) is 0 Å². The summed E-state index contributed by atoms with van der Waals surface area (Å²) < 4.78 is 0. The van der Waals surface area contributed by atoms with Gasteiger partial charge in [0.1, 0.15) is 0 Å². The molecule has 5 bridgehead atoms. The van der Waals surface area contributed by atoms with Crippen LogP contribution in [0.5, 0.6) is 0 Å². The molecule has 0 aromatic heterocycles. The van der Waals surface area contributed by atoms with Gasteiger partial charge in [-0.05, 0) is 69.5 Å². The van der Waals surface area contributed by atoms with Crippen molar-refractivity contribution in [3.63, 3.8) is 0 Å². The molecule has 1 spiro atoms. The molecule has 0 N–H and O–H groups in total. The van der Waals surface area contributed by atoms with Gasteiger partial charge in [-0.2, -0.15) is 0 Å². The van der Waals surface area contributed by atoms with Gasteiger partial charge in [-0.3, -0.25) is 0 Å². The summed E-state index contributed by atoms with van der Waals surface area (Å²) in [6.07, 6.45) is 1.14. The zero-order valence-corrected chi connectivity index (χ0v) is 11.9. The summed E-state index contributed by atoms with van der Waals surface area (Å²) in [5.41, 5.74) is 13.5. The molecule has 0 heterocycles. The molecule has 3 aromatic rings. The fourth-order valence-corrected chi connectivity index (χ4v) is 4.75. The van der Waals surface area contributed by atoms with Crippen LogP contribution in [0.1, 0.15) is 27.8 Å². The fraction of sp³-hybridized carbons (Fsp3) is 0.143. The van der Waals surface area contributed by atoms with Crippen molar-refractivity contribution in [1.82, 2.24) is 0 Å². The maximum Gasteiger partial charge on any atom is 0.0504 e. The summed E-state index contributed by atoms with van der Waals surface area (Å²) in [6, 6.07) is 20.9. The van der Waals surface area contributed by atoms with E-state index in [4.69, 9.17) is 0 Å². The number of hydrogen-bond donors (Lipinski definition) is 0. The predicted octanol–water partition coefficient (Wildman–Crippen LogP) is 4.85. The van der Waals surface area contributed by atoms with Crippen molar-refractivity contribution >= 4 is 0 Å². The highest BCUT2D eigenvalue weighted by Gasteiger charge is 2.56. The minimum Gasteiger partial charge on any atom is -0.0613 e. The van der Waals surface area contributed by atoms with Gasteiger partial charge in [0.05, 0.1) is 5.41 Å². The van der Waals surface area contributed by atoms with Crippen LogP contribution in [0, 0.1) is 6.92 Å². The van der Waals surface area contributed by atoms with Gasteiger partial charge in [-0.25, -0.2) is 0 Å². The lowest BCUT2D eigenvalue weighted by atomic mass is 9.74. The van der Waals surface area contributed by atoms with Crippen molar-refractivity contribution in [2.24, 2.45) is 0 Å². The van der Waals surface area contributed by atoms with E-state index in [2.05, 4.69) is 61.5 Å². The maximum absolute atomic E-state index is 2.42. The lowest BCUT2D eigenvalue weighted by Gasteiger charge is -2.28. The van der Waals surface area contributed by atoms with Crippen molar-refractivity contribution in [2.45, 2.75) is 18.8 Å². The Balaban J connectivity index is 1.88. The number of rotatable bonds is 0. The molecule has 3 aliphatic carbocycles. The van der Waals surface area contributed by atoms with Gasteiger partial charge in [-0.1, -0.05) is 48.5 Å². The Morgan fingerprint density at radius 3 is 2.76 bits per heavy atom. The molecule has 1 unspecified atom stereocenters. The monoisotopic (exact) mass is 266 g/mol. The van der Waals surface area contributed by atoms with Crippen molar-refractivity contribution in [3.05, 3.63) is 82.4 Å². The van der Waals surface area contributed by atoms with Crippen molar-refractivity contribution in [1.29, 1.82) is 0 Å². The predicted molar refractivity (Wildman–Crippen MR) is 85.6 cm³/mol. The van der Waals surface area contributed by atoms with E-state index in [-0.39, 0.29) is 5.41 Å². The number of aryl methyl sites for hydroxylation is 1. The van der Waals surface area contributed by atoms with E-state index in [0.717, 1.165) is 6.42 Å². The van der Waals surface area contributed by atoms with Crippen molar-refractivity contribution < 1.29 is 0 Å². The Labute approximate surface area is 124 Å². The van der Waals surface area contributed by atoms with Gasteiger partial charge in [0.15, 0.2) is 0 Å². The Bertz CT molecular complexity index is 977. The molecule has 21 heavy (non-hydrogen) atoms. The summed E-state index contributed by atoms with van der Waals surface area (Å²) >= 11 is 0. The minimum absolute atomic E-state index is 0.186.